The molecule has 0 atom stereocenters. The van der Waals surface area contributed by atoms with Gasteiger partial charge in [-0.25, -0.2) is 9.97 Å². The molecule has 0 bridgehead atoms. The van der Waals surface area contributed by atoms with Crippen molar-refractivity contribution in [2.45, 2.75) is 10.8 Å². The molecular formula is C76H44N2. The molecule has 78 heavy (non-hydrogen) atoms. The topological polar surface area (TPSA) is 25.8 Å². The molecule has 0 aliphatic heterocycles. The summed E-state index contributed by atoms with van der Waals surface area (Å²) in [4.78, 5) is 11.0. The third-order valence-corrected chi connectivity index (χ3v) is 18.3. The van der Waals surface area contributed by atoms with Gasteiger partial charge in [0.25, 0.3) is 0 Å². The summed E-state index contributed by atoms with van der Waals surface area (Å²) in [7, 11) is 0. The van der Waals surface area contributed by atoms with E-state index in [4.69, 9.17) is 9.97 Å². The smallest absolute Gasteiger partial charge is 0.0788 e. The number of pyridine rings is 2. The van der Waals surface area contributed by atoms with Crippen LogP contribution in [0.4, 0.5) is 0 Å². The normalized spacial score (nSPS) is 14.1. The van der Waals surface area contributed by atoms with Gasteiger partial charge in [-0.05, 0) is 147 Å². The first-order valence-corrected chi connectivity index (χ1v) is 27.2. The highest BCUT2D eigenvalue weighted by atomic mass is 14.7. The minimum Gasteiger partial charge on any atom is -0.247 e. The summed E-state index contributed by atoms with van der Waals surface area (Å²) in [6.07, 6.45) is 0. The maximum Gasteiger partial charge on any atom is 0.0788 e. The molecule has 0 amide bonds. The fraction of sp³-hybridized carbons (Fsp3) is 0.0263. The first-order chi connectivity index (χ1) is 38.7. The van der Waals surface area contributed by atoms with Crippen molar-refractivity contribution in [2.24, 2.45) is 0 Å². The Bertz CT molecular complexity index is 4560. The quantitative estimate of drug-likeness (QED) is 0.165. The summed E-state index contributed by atoms with van der Waals surface area (Å²) < 4.78 is 0. The first-order valence-electron chi connectivity index (χ1n) is 27.2. The molecule has 0 saturated heterocycles. The Morgan fingerprint density at radius 2 is 0.462 bits per heavy atom. The zero-order valence-electron chi connectivity index (χ0n) is 42.3. The van der Waals surface area contributed by atoms with Gasteiger partial charge in [0.05, 0.1) is 33.3 Å². The Labute approximate surface area is 451 Å². The van der Waals surface area contributed by atoms with Crippen molar-refractivity contribution in [3.63, 3.8) is 0 Å². The van der Waals surface area contributed by atoms with Gasteiger partial charge in [0.2, 0.25) is 0 Å². The van der Waals surface area contributed by atoms with Crippen molar-refractivity contribution in [3.05, 3.63) is 311 Å². The van der Waals surface area contributed by atoms with E-state index in [0.717, 1.165) is 55.4 Å². The maximum absolute atomic E-state index is 5.48. The number of hydrogen-bond acceptors (Lipinski definition) is 2. The Kier molecular flexibility index (Phi) is 8.29. The molecule has 2 nitrogen and oxygen atoms in total. The standard InChI is InChI=1S/C76H44N2/c1-9-25-63-49(17-1)50-18-2-10-26-64(50)75(63)67-29-13-5-21-53(67)59-41-61-57(43-69(59)75)55-23-7-15-31-71(55)77-73(61)47-37-33-45(34-38-47)46-35-39-48(40-36-46)74-62-42-60-54-22-6-14-30-68(54)76(70(60)44-58(62)56-24-8-16-32-72(56)78-74)65-27-11-3-19-51(65)52-20-4-12-28-66(52)76/h1-44H. The average molecular weight is 985 g/mol. The first kappa shape index (κ1) is 42.2. The third-order valence-electron chi connectivity index (χ3n) is 18.3. The predicted octanol–water partition coefficient (Wildman–Crippen LogP) is 18.8. The Morgan fingerprint density at radius 1 is 0.192 bits per heavy atom. The SMILES string of the molecule is c1ccc2c(c1)-c1ccccc1C21c2ccccc2-c2cc3c(-c4ccc(-c5ccc(-c6nc7ccccc7c7cc8c(cc67)-c6ccccc6C86c7ccccc7-c7ccccc76)cc5)cc4)nc4ccccc4c3cc21. The van der Waals surface area contributed by atoms with E-state index in [1.54, 1.807) is 0 Å². The van der Waals surface area contributed by atoms with Crippen LogP contribution in [-0.4, -0.2) is 9.97 Å². The summed E-state index contributed by atoms with van der Waals surface area (Å²) in [6, 6.07) is 99.7. The predicted molar refractivity (Wildman–Crippen MR) is 321 cm³/mol. The molecule has 4 aliphatic rings. The molecule has 18 rings (SSSR count). The number of fused-ring (bicyclic) bond motifs is 26. The van der Waals surface area contributed by atoms with E-state index in [0.29, 0.717) is 0 Å². The van der Waals surface area contributed by atoms with Gasteiger partial charge in [-0.2, -0.15) is 0 Å². The van der Waals surface area contributed by atoms with Gasteiger partial charge in [0.1, 0.15) is 0 Å². The Hall–Kier alpha value is -10.0. The largest absolute Gasteiger partial charge is 0.247 e. The summed E-state index contributed by atoms with van der Waals surface area (Å²) in [5, 5.41) is 7.10. The second kappa shape index (κ2) is 15.3. The van der Waals surface area contributed by atoms with Crippen LogP contribution in [0.25, 0.3) is 122 Å². The van der Waals surface area contributed by atoms with Crippen LogP contribution >= 0.6 is 0 Å². The lowest BCUT2D eigenvalue weighted by Gasteiger charge is -2.30. The van der Waals surface area contributed by atoms with Gasteiger partial charge >= 0.3 is 0 Å². The minimum atomic E-state index is -0.418. The molecule has 0 fully saturated rings. The van der Waals surface area contributed by atoms with E-state index in [1.165, 1.54) is 111 Å². The van der Waals surface area contributed by atoms with Crippen LogP contribution in [0.3, 0.4) is 0 Å². The lowest BCUT2D eigenvalue weighted by Crippen LogP contribution is -2.25. The molecule has 0 unspecified atom stereocenters. The molecule has 0 radical (unpaired) electrons. The molecular weight excluding hydrogens is 941 g/mol. The Morgan fingerprint density at radius 3 is 0.795 bits per heavy atom. The van der Waals surface area contributed by atoms with E-state index < -0.39 is 10.8 Å². The van der Waals surface area contributed by atoms with Gasteiger partial charge in [0.15, 0.2) is 0 Å². The number of rotatable bonds is 3. The van der Waals surface area contributed by atoms with Gasteiger partial charge in [-0.1, -0.05) is 231 Å². The maximum atomic E-state index is 5.48. The second-order valence-electron chi connectivity index (χ2n) is 21.8. The van der Waals surface area contributed by atoms with Crippen LogP contribution in [0, 0.1) is 0 Å². The number of benzene rings is 12. The van der Waals surface area contributed by atoms with Gasteiger partial charge in [-0.3, -0.25) is 0 Å². The highest BCUT2D eigenvalue weighted by Crippen LogP contribution is 2.65. The molecule has 2 aromatic heterocycles. The second-order valence-corrected chi connectivity index (χ2v) is 21.8. The number of nitrogens with zero attached hydrogens (tertiary/aromatic N) is 2. The summed E-state index contributed by atoms with van der Waals surface area (Å²) in [5.41, 5.74) is 28.8. The molecule has 0 N–H and O–H groups in total. The van der Waals surface area contributed by atoms with E-state index in [-0.39, 0.29) is 0 Å². The van der Waals surface area contributed by atoms with Gasteiger partial charge < -0.3 is 0 Å². The van der Waals surface area contributed by atoms with Crippen molar-refractivity contribution in [3.8, 4) is 78.1 Å². The third kappa shape index (κ3) is 5.27. The monoisotopic (exact) mass is 984 g/mol. The van der Waals surface area contributed by atoms with Crippen molar-refractivity contribution in [1.82, 2.24) is 9.97 Å². The molecule has 358 valence electrons. The van der Waals surface area contributed by atoms with E-state index in [2.05, 4.69) is 267 Å². The molecule has 2 heteroatoms. The number of para-hydroxylation sites is 2. The van der Waals surface area contributed by atoms with Gasteiger partial charge in [-0.15, -0.1) is 0 Å². The van der Waals surface area contributed by atoms with Crippen molar-refractivity contribution < 1.29 is 0 Å². The highest BCUT2D eigenvalue weighted by molar-refractivity contribution is 6.16. The summed E-state index contributed by atoms with van der Waals surface area (Å²) in [5.74, 6) is 0. The summed E-state index contributed by atoms with van der Waals surface area (Å²) in [6.45, 7) is 0. The molecule has 4 aliphatic carbocycles. The van der Waals surface area contributed by atoms with E-state index >= 15 is 0 Å². The van der Waals surface area contributed by atoms with Crippen molar-refractivity contribution in [2.75, 3.05) is 0 Å². The van der Waals surface area contributed by atoms with Crippen LogP contribution in [0.1, 0.15) is 44.5 Å². The van der Waals surface area contributed by atoms with Crippen molar-refractivity contribution >= 4 is 43.4 Å². The fourth-order valence-corrected chi connectivity index (χ4v) is 15.2. The molecule has 14 aromatic rings. The van der Waals surface area contributed by atoms with Crippen LogP contribution in [-0.2, 0) is 10.8 Å². The van der Waals surface area contributed by atoms with E-state index in [9.17, 15) is 0 Å². The minimum absolute atomic E-state index is 0.418. The fourth-order valence-electron chi connectivity index (χ4n) is 15.2. The van der Waals surface area contributed by atoms with Crippen LogP contribution < -0.4 is 0 Å². The van der Waals surface area contributed by atoms with E-state index in [1.807, 2.05) is 0 Å². The van der Waals surface area contributed by atoms with Crippen LogP contribution in [0.2, 0.25) is 0 Å². The highest BCUT2D eigenvalue weighted by Gasteiger charge is 2.53. The zero-order valence-corrected chi connectivity index (χ0v) is 42.3. The summed E-state index contributed by atoms with van der Waals surface area (Å²) >= 11 is 0. The molecule has 12 aromatic carbocycles. The average Bonchev–Trinajstić information content (AvgIpc) is 4.38. The van der Waals surface area contributed by atoms with Gasteiger partial charge in [0, 0.05) is 32.7 Å². The number of hydrogen-bond donors (Lipinski definition) is 0. The lowest BCUT2D eigenvalue weighted by atomic mass is 9.70. The molecule has 0 saturated carbocycles. The van der Waals surface area contributed by atoms with Crippen molar-refractivity contribution in [1.29, 1.82) is 0 Å². The molecule has 2 spiro atoms. The molecule has 2 heterocycles. The Balaban J connectivity index is 0.761. The lowest BCUT2D eigenvalue weighted by molar-refractivity contribution is 0.795. The zero-order chi connectivity index (χ0) is 50.8. The van der Waals surface area contributed by atoms with Crippen LogP contribution in [0.15, 0.2) is 267 Å². The van der Waals surface area contributed by atoms with Crippen LogP contribution in [0.5, 0.6) is 0 Å². The number of aromatic nitrogens is 2.